The molecule has 4 amide bonds. The maximum atomic E-state index is 13.4. The number of halogens is 3. The second-order valence-electron chi connectivity index (χ2n) is 8.01. The fraction of sp³-hybridized carbons (Fsp3) is 0.550. The third kappa shape index (κ3) is 4.23. The van der Waals surface area contributed by atoms with Gasteiger partial charge in [-0.25, -0.2) is 4.79 Å². The number of alkyl halides is 3. The Kier molecular flexibility index (Phi) is 5.60. The molecule has 0 aromatic heterocycles. The Morgan fingerprint density at radius 1 is 1.21 bits per heavy atom. The lowest BCUT2D eigenvalue weighted by atomic mass is 9.87. The minimum atomic E-state index is -4.69. The van der Waals surface area contributed by atoms with E-state index in [9.17, 15) is 27.6 Å². The topological polar surface area (TPSA) is 78.5 Å². The summed E-state index contributed by atoms with van der Waals surface area (Å²) in [5, 5.41) is 5.15. The van der Waals surface area contributed by atoms with Crippen molar-refractivity contribution < 1.29 is 27.6 Å². The van der Waals surface area contributed by atoms with Crippen LogP contribution in [0.2, 0.25) is 0 Å². The van der Waals surface area contributed by atoms with Crippen molar-refractivity contribution in [2.75, 3.05) is 6.54 Å². The van der Waals surface area contributed by atoms with Crippen LogP contribution in [0.1, 0.15) is 50.7 Å². The molecule has 1 saturated carbocycles. The third-order valence-corrected chi connectivity index (χ3v) is 5.73. The summed E-state index contributed by atoms with van der Waals surface area (Å²) in [6, 6.07) is 3.70. The second-order valence-corrected chi connectivity index (χ2v) is 8.01. The summed E-state index contributed by atoms with van der Waals surface area (Å²) < 4.78 is 40.2. The molecular formula is C20H24F3N3O3. The van der Waals surface area contributed by atoms with Gasteiger partial charge in [-0.15, -0.1) is 0 Å². The number of urea groups is 1. The Labute approximate surface area is 166 Å². The largest absolute Gasteiger partial charge is 0.416 e. The van der Waals surface area contributed by atoms with Crippen LogP contribution in [0.3, 0.4) is 0 Å². The van der Waals surface area contributed by atoms with Crippen LogP contribution < -0.4 is 10.6 Å². The lowest BCUT2D eigenvalue weighted by Gasteiger charge is -2.28. The first-order valence-electron chi connectivity index (χ1n) is 9.62. The summed E-state index contributed by atoms with van der Waals surface area (Å²) >= 11 is 0. The highest BCUT2D eigenvalue weighted by molar-refractivity contribution is 6.09. The van der Waals surface area contributed by atoms with E-state index in [0.717, 1.165) is 37.8 Å². The number of rotatable bonds is 4. The standard InChI is InChI=1S/C20H24F3N3O3/c1-12-7-9-13(10-8-12)24-16(27)11-26-17(28)19(2,25-18(26)29)14-5-3-4-6-15(14)20(21,22)23/h3-6,12-13H,7-11H2,1-2H3,(H,24,27)(H,25,29)/t12?,13?,19-/m1/s1. The minimum absolute atomic E-state index is 0.0168. The molecular weight excluding hydrogens is 387 g/mol. The normalized spacial score (nSPS) is 27.7. The van der Waals surface area contributed by atoms with Crippen molar-refractivity contribution in [2.45, 2.75) is 57.3 Å². The molecule has 158 valence electrons. The van der Waals surface area contributed by atoms with Gasteiger partial charge in [0.25, 0.3) is 5.91 Å². The average Bonchev–Trinajstić information content (AvgIpc) is 2.87. The molecule has 2 aliphatic rings. The van der Waals surface area contributed by atoms with Gasteiger partial charge in [-0.3, -0.25) is 14.5 Å². The first-order valence-corrected chi connectivity index (χ1v) is 9.62. The number of hydrogen-bond donors (Lipinski definition) is 2. The van der Waals surface area contributed by atoms with E-state index >= 15 is 0 Å². The SMILES string of the molecule is CC1CCC(NC(=O)CN2C(=O)N[C@](C)(c3ccccc3C(F)(F)F)C2=O)CC1. The van der Waals surface area contributed by atoms with E-state index in [1.165, 1.54) is 19.1 Å². The Balaban J connectivity index is 1.75. The molecule has 1 aliphatic carbocycles. The Bertz CT molecular complexity index is 819. The van der Waals surface area contributed by atoms with Gasteiger partial charge in [0.15, 0.2) is 0 Å². The van der Waals surface area contributed by atoms with Gasteiger partial charge >= 0.3 is 12.2 Å². The summed E-state index contributed by atoms with van der Waals surface area (Å²) in [5.74, 6) is -0.781. The van der Waals surface area contributed by atoms with Gasteiger partial charge in [-0.2, -0.15) is 13.2 Å². The Morgan fingerprint density at radius 2 is 1.83 bits per heavy atom. The van der Waals surface area contributed by atoms with Gasteiger partial charge in [0, 0.05) is 6.04 Å². The van der Waals surface area contributed by atoms with Gasteiger partial charge in [0.1, 0.15) is 12.1 Å². The van der Waals surface area contributed by atoms with Crippen molar-refractivity contribution in [3.05, 3.63) is 35.4 Å². The number of nitrogens with one attached hydrogen (secondary N) is 2. The van der Waals surface area contributed by atoms with Crippen LogP contribution in [0.15, 0.2) is 24.3 Å². The fourth-order valence-corrected chi connectivity index (χ4v) is 4.01. The van der Waals surface area contributed by atoms with Gasteiger partial charge in [0.05, 0.1) is 5.56 Å². The monoisotopic (exact) mass is 411 g/mol. The molecule has 6 nitrogen and oxygen atoms in total. The molecule has 2 fully saturated rings. The van der Waals surface area contributed by atoms with E-state index in [4.69, 9.17) is 0 Å². The number of nitrogens with zero attached hydrogens (tertiary/aromatic N) is 1. The quantitative estimate of drug-likeness (QED) is 0.747. The van der Waals surface area contributed by atoms with Crippen LogP contribution in [0.5, 0.6) is 0 Å². The fourth-order valence-electron chi connectivity index (χ4n) is 4.01. The number of carbonyl (C=O) groups is 3. The molecule has 1 atom stereocenters. The molecule has 1 heterocycles. The van der Waals surface area contributed by atoms with Crippen molar-refractivity contribution in [3.8, 4) is 0 Å². The van der Waals surface area contributed by atoms with E-state index < -0.39 is 41.7 Å². The summed E-state index contributed by atoms with van der Waals surface area (Å²) in [5.41, 5.74) is -3.25. The van der Waals surface area contributed by atoms with Gasteiger partial charge in [-0.05, 0) is 50.2 Å². The number of hydrogen-bond acceptors (Lipinski definition) is 3. The Hall–Kier alpha value is -2.58. The maximum absolute atomic E-state index is 13.4. The van der Waals surface area contributed by atoms with Crippen molar-refractivity contribution in [1.82, 2.24) is 15.5 Å². The number of benzene rings is 1. The molecule has 1 aromatic rings. The van der Waals surface area contributed by atoms with Gasteiger partial charge < -0.3 is 10.6 Å². The molecule has 29 heavy (non-hydrogen) atoms. The van der Waals surface area contributed by atoms with E-state index in [2.05, 4.69) is 17.6 Å². The highest BCUT2D eigenvalue weighted by Gasteiger charge is 2.52. The summed E-state index contributed by atoms with van der Waals surface area (Å²) in [6.45, 7) is 2.84. The lowest BCUT2D eigenvalue weighted by molar-refractivity contribution is -0.140. The molecule has 0 spiro atoms. The minimum Gasteiger partial charge on any atom is -0.352 e. The van der Waals surface area contributed by atoms with Crippen LogP contribution in [-0.4, -0.2) is 35.3 Å². The summed E-state index contributed by atoms with van der Waals surface area (Å²) in [6.07, 6.45) is -1.07. The summed E-state index contributed by atoms with van der Waals surface area (Å²) in [4.78, 5) is 38.2. The summed E-state index contributed by atoms with van der Waals surface area (Å²) in [7, 11) is 0. The molecule has 3 rings (SSSR count). The van der Waals surface area contributed by atoms with Crippen LogP contribution in [0, 0.1) is 5.92 Å². The van der Waals surface area contributed by atoms with Gasteiger partial charge in [-0.1, -0.05) is 25.1 Å². The molecule has 9 heteroatoms. The average molecular weight is 411 g/mol. The molecule has 0 radical (unpaired) electrons. The predicted octanol–water partition coefficient (Wildman–Crippen LogP) is 3.17. The van der Waals surface area contributed by atoms with E-state index in [1.54, 1.807) is 0 Å². The lowest BCUT2D eigenvalue weighted by Crippen LogP contribution is -2.46. The van der Waals surface area contributed by atoms with Crippen molar-refractivity contribution >= 4 is 17.8 Å². The smallest absolute Gasteiger partial charge is 0.352 e. The molecule has 0 unspecified atom stereocenters. The second kappa shape index (κ2) is 7.68. The number of carbonyl (C=O) groups excluding carboxylic acids is 3. The molecule has 2 N–H and O–H groups in total. The maximum Gasteiger partial charge on any atom is 0.416 e. The van der Waals surface area contributed by atoms with Crippen LogP contribution in [0.4, 0.5) is 18.0 Å². The number of amides is 4. The first-order chi connectivity index (χ1) is 13.5. The van der Waals surface area contributed by atoms with Crippen molar-refractivity contribution in [3.63, 3.8) is 0 Å². The van der Waals surface area contributed by atoms with Crippen LogP contribution >= 0.6 is 0 Å². The zero-order valence-corrected chi connectivity index (χ0v) is 16.3. The highest BCUT2D eigenvalue weighted by atomic mass is 19.4. The molecule has 1 saturated heterocycles. The van der Waals surface area contributed by atoms with Gasteiger partial charge in [0.2, 0.25) is 5.91 Å². The molecule has 1 aliphatic heterocycles. The predicted molar refractivity (Wildman–Crippen MR) is 98.6 cm³/mol. The zero-order valence-electron chi connectivity index (χ0n) is 16.3. The van der Waals surface area contributed by atoms with Crippen molar-refractivity contribution in [2.24, 2.45) is 5.92 Å². The van der Waals surface area contributed by atoms with E-state index in [0.29, 0.717) is 10.8 Å². The molecule has 1 aromatic carbocycles. The van der Waals surface area contributed by atoms with E-state index in [1.807, 2.05) is 0 Å². The zero-order chi connectivity index (χ0) is 21.4. The third-order valence-electron chi connectivity index (χ3n) is 5.73. The molecule has 0 bridgehead atoms. The Morgan fingerprint density at radius 3 is 2.45 bits per heavy atom. The van der Waals surface area contributed by atoms with Crippen molar-refractivity contribution in [1.29, 1.82) is 0 Å². The first kappa shape index (κ1) is 21.1. The van der Waals surface area contributed by atoms with Crippen LogP contribution in [-0.2, 0) is 21.3 Å². The van der Waals surface area contributed by atoms with Crippen LogP contribution in [0.25, 0.3) is 0 Å². The number of imide groups is 1. The highest BCUT2D eigenvalue weighted by Crippen LogP contribution is 2.39. The van der Waals surface area contributed by atoms with E-state index in [-0.39, 0.29) is 11.6 Å².